The van der Waals surface area contributed by atoms with Gasteiger partial charge in [-0.1, -0.05) is 62.4 Å². The van der Waals surface area contributed by atoms with Crippen LogP contribution in [0.2, 0.25) is 0 Å². The van der Waals surface area contributed by atoms with Crippen LogP contribution in [0.4, 0.5) is 4.79 Å². The molecule has 0 heterocycles. The summed E-state index contributed by atoms with van der Waals surface area (Å²) in [5.41, 5.74) is 4.42. The van der Waals surface area contributed by atoms with Crippen LogP contribution in [0.25, 0.3) is 11.1 Å². The van der Waals surface area contributed by atoms with E-state index in [1.165, 1.54) is 0 Å². The lowest BCUT2D eigenvalue weighted by Crippen LogP contribution is -2.47. The zero-order valence-corrected chi connectivity index (χ0v) is 19.9. The summed E-state index contributed by atoms with van der Waals surface area (Å²) in [5.74, 6) is -2.95. The van der Waals surface area contributed by atoms with Gasteiger partial charge in [0.2, 0.25) is 5.91 Å². The van der Waals surface area contributed by atoms with Crippen molar-refractivity contribution in [2.75, 3.05) is 13.7 Å². The standard InChI is InChI=1S/C26H30N2O7/c1-15(2)21(12-23(29)27-22(25(31)32)13-24(30)34-3)28-26(33)35-14-20-18-10-6-4-8-16(18)17-9-5-7-11-19(17)20/h4-11,15,20-22H,12-14H2,1-3H3,(H,27,29)(H,28,33)(H,31,32)/t21?,22-/m0/s1. The Morgan fingerprint density at radius 1 is 0.914 bits per heavy atom. The minimum Gasteiger partial charge on any atom is -0.480 e. The van der Waals surface area contributed by atoms with Crippen molar-refractivity contribution in [2.24, 2.45) is 5.92 Å². The Kier molecular flexibility index (Phi) is 8.46. The molecule has 1 unspecified atom stereocenters. The minimum atomic E-state index is -1.42. The summed E-state index contributed by atoms with van der Waals surface area (Å²) in [4.78, 5) is 47.8. The monoisotopic (exact) mass is 482 g/mol. The maximum absolute atomic E-state index is 12.6. The number of carboxylic acids is 1. The van der Waals surface area contributed by atoms with Crippen LogP contribution >= 0.6 is 0 Å². The van der Waals surface area contributed by atoms with Gasteiger partial charge in [-0.3, -0.25) is 9.59 Å². The highest BCUT2D eigenvalue weighted by molar-refractivity contribution is 5.87. The van der Waals surface area contributed by atoms with Crippen LogP contribution in [-0.4, -0.2) is 54.8 Å². The average Bonchev–Trinajstić information content (AvgIpc) is 3.15. The molecular weight excluding hydrogens is 452 g/mol. The average molecular weight is 483 g/mol. The van der Waals surface area contributed by atoms with E-state index in [-0.39, 0.29) is 24.9 Å². The van der Waals surface area contributed by atoms with Crippen LogP contribution in [0.15, 0.2) is 48.5 Å². The third kappa shape index (κ3) is 6.38. The van der Waals surface area contributed by atoms with Crippen LogP contribution in [0.1, 0.15) is 43.7 Å². The van der Waals surface area contributed by atoms with Gasteiger partial charge in [-0.25, -0.2) is 9.59 Å². The summed E-state index contributed by atoms with van der Waals surface area (Å²) in [6, 6.07) is 14.0. The molecule has 2 atom stereocenters. The van der Waals surface area contributed by atoms with E-state index in [1.54, 1.807) is 0 Å². The number of rotatable bonds is 10. The van der Waals surface area contributed by atoms with E-state index >= 15 is 0 Å². The highest BCUT2D eigenvalue weighted by Gasteiger charge is 2.30. The molecule has 1 aliphatic rings. The first-order valence-corrected chi connectivity index (χ1v) is 11.4. The molecule has 35 heavy (non-hydrogen) atoms. The number of carbonyl (C=O) groups is 4. The van der Waals surface area contributed by atoms with Crippen molar-refractivity contribution < 1.29 is 33.8 Å². The highest BCUT2D eigenvalue weighted by atomic mass is 16.5. The molecule has 0 bridgehead atoms. The quantitative estimate of drug-likeness (QED) is 0.444. The number of carbonyl (C=O) groups excluding carboxylic acids is 3. The molecular formula is C26H30N2O7. The lowest BCUT2D eigenvalue weighted by atomic mass is 9.98. The third-order valence-corrected chi connectivity index (χ3v) is 6.09. The van der Waals surface area contributed by atoms with Crippen LogP contribution in [-0.2, 0) is 23.9 Å². The summed E-state index contributed by atoms with van der Waals surface area (Å²) >= 11 is 0. The Morgan fingerprint density at radius 3 is 2.00 bits per heavy atom. The van der Waals surface area contributed by atoms with E-state index in [0.717, 1.165) is 29.4 Å². The molecule has 3 rings (SSSR count). The molecule has 2 aromatic rings. The number of aliphatic carboxylic acids is 1. The maximum Gasteiger partial charge on any atom is 0.407 e. The molecule has 3 N–H and O–H groups in total. The first kappa shape index (κ1) is 25.7. The summed E-state index contributed by atoms with van der Waals surface area (Å²) in [5, 5.41) is 14.3. The van der Waals surface area contributed by atoms with Crippen molar-refractivity contribution in [3.63, 3.8) is 0 Å². The smallest absolute Gasteiger partial charge is 0.407 e. The number of esters is 1. The number of ether oxygens (including phenoxy) is 2. The van der Waals surface area contributed by atoms with E-state index in [4.69, 9.17) is 4.74 Å². The van der Waals surface area contributed by atoms with E-state index in [2.05, 4.69) is 15.4 Å². The fourth-order valence-electron chi connectivity index (χ4n) is 4.15. The van der Waals surface area contributed by atoms with Gasteiger partial charge >= 0.3 is 18.0 Å². The number of hydrogen-bond donors (Lipinski definition) is 3. The predicted molar refractivity (Wildman–Crippen MR) is 128 cm³/mol. The van der Waals surface area contributed by atoms with Crippen molar-refractivity contribution >= 4 is 23.9 Å². The lowest BCUT2D eigenvalue weighted by molar-refractivity contribution is -0.148. The second kappa shape index (κ2) is 11.5. The van der Waals surface area contributed by atoms with E-state index in [0.29, 0.717) is 0 Å². The number of nitrogens with one attached hydrogen (secondary N) is 2. The van der Waals surface area contributed by atoms with Gasteiger partial charge in [0.05, 0.1) is 13.5 Å². The Hall–Kier alpha value is -3.88. The first-order chi connectivity index (χ1) is 16.7. The van der Waals surface area contributed by atoms with Gasteiger partial charge < -0.3 is 25.2 Å². The number of hydrogen-bond acceptors (Lipinski definition) is 6. The van der Waals surface area contributed by atoms with Gasteiger partial charge in [-0.05, 0) is 28.2 Å². The minimum absolute atomic E-state index is 0.0939. The second-order valence-electron chi connectivity index (χ2n) is 8.76. The Labute approximate surface area is 203 Å². The fraction of sp³-hybridized carbons (Fsp3) is 0.385. The van der Waals surface area contributed by atoms with Gasteiger partial charge in [0.15, 0.2) is 0 Å². The van der Waals surface area contributed by atoms with Gasteiger partial charge in [0.25, 0.3) is 0 Å². The molecule has 2 aromatic carbocycles. The van der Waals surface area contributed by atoms with Crippen molar-refractivity contribution in [2.45, 2.75) is 44.7 Å². The molecule has 9 nitrogen and oxygen atoms in total. The molecule has 0 saturated carbocycles. The number of carboxylic acid groups (broad SMARTS) is 1. The predicted octanol–water partition coefficient (Wildman–Crippen LogP) is 3.07. The van der Waals surface area contributed by atoms with E-state index < -0.39 is 42.4 Å². The summed E-state index contributed by atoms with van der Waals surface area (Å²) in [6.07, 6.45) is -1.33. The largest absolute Gasteiger partial charge is 0.480 e. The van der Waals surface area contributed by atoms with Crippen LogP contribution in [0.5, 0.6) is 0 Å². The van der Waals surface area contributed by atoms with Gasteiger partial charge in [0, 0.05) is 18.4 Å². The van der Waals surface area contributed by atoms with Crippen molar-refractivity contribution in [1.29, 1.82) is 0 Å². The highest BCUT2D eigenvalue weighted by Crippen LogP contribution is 2.44. The van der Waals surface area contributed by atoms with E-state index in [9.17, 15) is 24.3 Å². The molecule has 0 aromatic heterocycles. The first-order valence-electron chi connectivity index (χ1n) is 11.4. The van der Waals surface area contributed by atoms with Crippen LogP contribution in [0.3, 0.4) is 0 Å². The molecule has 0 saturated heterocycles. The zero-order chi connectivity index (χ0) is 25.5. The summed E-state index contributed by atoms with van der Waals surface area (Å²) in [7, 11) is 1.14. The number of methoxy groups -OCH3 is 1. The summed E-state index contributed by atoms with van der Waals surface area (Å²) < 4.78 is 10.0. The normalized spacial score (nSPS) is 13.8. The number of benzene rings is 2. The molecule has 0 aliphatic heterocycles. The molecule has 186 valence electrons. The van der Waals surface area contributed by atoms with Crippen LogP contribution < -0.4 is 10.6 Å². The molecule has 0 spiro atoms. The van der Waals surface area contributed by atoms with Gasteiger partial charge in [-0.15, -0.1) is 0 Å². The lowest BCUT2D eigenvalue weighted by Gasteiger charge is -2.23. The number of alkyl carbamates (subject to hydrolysis) is 1. The topological polar surface area (TPSA) is 131 Å². The molecule has 0 radical (unpaired) electrons. The van der Waals surface area contributed by atoms with Crippen molar-refractivity contribution in [3.8, 4) is 11.1 Å². The SMILES string of the molecule is COC(=O)C[C@H](NC(=O)CC(NC(=O)OCC1c2ccccc2-c2ccccc21)C(C)C)C(=O)O. The van der Waals surface area contributed by atoms with Gasteiger partial charge in [0.1, 0.15) is 12.6 Å². The molecule has 1 aliphatic carbocycles. The number of fused-ring (bicyclic) bond motifs is 3. The fourth-order valence-corrected chi connectivity index (χ4v) is 4.15. The maximum atomic E-state index is 12.6. The molecule has 0 fully saturated rings. The third-order valence-electron chi connectivity index (χ3n) is 6.09. The van der Waals surface area contributed by atoms with E-state index in [1.807, 2.05) is 62.4 Å². The Morgan fingerprint density at radius 2 is 1.49 bits per heavy atom. The van der Waals surface area contributed by atoms with Gasteiger partial charge in [-0.2, -0.15) is 0 Å². The Balaban J connectivity index is 1.59. The number of amides is 2. The Bertz CT molecular complexity index is 1050. The molecule has 9 heteroatoms. The van der Waals surface area contributed by atoms with Crippen LogP contribution in [0, 0.1) is 5.92 Å². The second-order valence-corrected chi connectivity index (χ2v) is 8.76. The van der Waals surface area contributed by atoms with Crippen molar-refractivity contribution in [1.82, 2.24) is 10.6 Å². The zero-order valence-electron chi connectivity index (χ0n) is 19.9. The van der Waals surface area contributed by atoms with Crippen molar-refractivity contribution in [3.05, 3.63) is 59.7 Å². The summed E-state index contributed by atoms with van der Waals surface area (Å²) in [6.45, 7) is 3.78. The molecule has 2 amide bonds.